The number of carboxylic acid groups (broad SMARTS) is 1. The van der Waals surface area contributed by atoms with Crippen molar-refractivity contribution in [2.75, 3.05) is 11.4 Å². The van der Waals surface area contributed by atoms with E-state index in [0.717, 1.165) is 5.56 Å². The van der Waals surface area contributed by atoms with Crippen LogP contribution in [0, 0.1) is 5.92 Å². The Kier molecular flexibility index (Phi) is 6.55. The number of fused-ring (bicyclic) bond motifs is 1. The zero-order valence-electron chi connectivity index (χ0n) is 15.7. The van der Waals surface area contributed by atoms with Crippen LogP contribution in [-0.4, -0.2) is 47.4 Å². The summed E-state index contributed by atoms with van der Waals surface area (Å²) in [5.41, 5.74) is 1.32. The summed E-state index contributed by atoms with van der Waals surface area (Å²) < 4.78 is 0. The molecule has 1 aliphatic heterocycles. The zero-order chi connectivity index (χ0) is 20.1. The molecule has 3 N–H and O–H groups in total. The van der Waals surface area contributed by atoms with E-state index in [2.05, 4.69) is 10.6 Å². The maximum Gasteiger partial charge on any atom is 0.327 e. The molecule has 1 aliphatic rings. The van der Waals surface area contributed by atoms with E-state index in [-0.39, 0.29) is 24.8 Å². The molecule has 0 spiro atoms. The second kappa shape index (κ2) is 8.66. The largest absolute Gasteiger partial charge is 0.480 e. The molecule has 8 heteroatoms. The average Bonchev–Trinajstić information content (AvgIpc) is 3.03. The van der Waals surface area contributed by atoms with Gasteiger partial charge in [-0.2, -0.15) is 0 Å². The monoisotopic (exact) mass is 375 g/mol. The van der Waals surface area contributed by atoms with Crippen molar-refractivity contribution in [3.05, 3.63) is 29.8 Å². The van der Waals surface area contributed by atoms with Gasteiger partial charge in [-0.1, -0.05) is 38.5 Å². The Hall–Kier alpha value is -2.90. The van der Waals surface area contributed by atoms with Gasteiger partial charge in [-0.3, -0.25) is 19.3 Å². The first-order valence-corrected chi connectivity index (χ1v) is 8.93. The third-order valence-electron chi connectivity index (χ3n) is 4.80. The lowest BCUT2D eigenvalue weighted by atomic mass is 9.98. The van der Waals surface area contributed by atoms with Crippen LogP contribution in [-0.2, 0) is 25.6 Å². The lowest BCUT2D eigenvalue weighted by Gasteiger charge is -2.25. The van der Waals surface area contributed by atoms with Crippen LogP contribution in [0.1, 0.15) is 32.8 Å². The van der Waals surface area contributed by atoms with Crippen LogP contribution in [0.15, 0.2) is 24.3 Å². The molecule has 27 heavy (non-hydrogen) atoms. The standard InChI is InChI=1S/C19H25N3O5/c1-4-11(2)17(21-12(3)23)18(25)20-10-16(24)22-14-8-6-5-7-13(14)9-15(22)19(26)27/h5-8,11,15,17H,4,9-10H2,1-3H3,(H,20,25)(H,21,23)(H,26,27)/t11-,15-,17-/m0/s1. The number of anilines is 1. The molecule has 0 saturated carbocycles. The van der Waals surface area contributed by atoms with Crippen LogP contribution in [0.5, 0.6) is 0 Å². The third-order valence-corrected chi connectivity index (χ3v) is 4.80. The van der Waals surface area contributed by atoms with E-state index in [1.54, 1.807) is 24.3 Å². The third kappa shape index (κ3) is 4.64. The van der Waals surface area contributed by atoms with Gasteiger partial charge < -0.3 is 15.7 Å². The molecule has 0 aromatic heterocycles. The minimum atomic E-state index is -1.10. The van der Waals surface area contributed by atoms with E-state index >= 15 is 0 Å². The quantitative estimate of drug-likeness (QED) is 0.649. The fourth-order valence-electron chi connectivity index (χ4n) is 3.17. The molecule has 2 rings (SSSR count). The van der Waals surface area contributed by atoms with Crippen LogP contribution < -0.4 is 15.5 Å². The first-order valence-electron chi connectivity index (χ1n) is 8.93. The lowest BCUT2D eigenvalue weighted by molar-refractivity contribution is -0.139. The van der Waals surface area contributed by atoms with Crippen LogP contribution >= 0.6 is 0 Å². The molecule has 0 fully saturated rings. The molecule has 3 amide bonds. The number of carbonyl (C=O) groups is 4. The highest BCUT2D eigenvalue weighted by atomic mass is 16.4. The molecule has 0 saturated heterocycles. The van der Waals surface area contributed by atoms with Crippen molar-refractivity contribution >= 4 is 29.4 Å². The van der Waals surface area contributed by atoms with Crippen molar-refractivity contribution in [3.63, 3.8) is 0 Å². The van der Waals surface area contributed by atoms with Gasteiger partial charge in [0.1, 0.15) is 12.1 Å². The molecule has 0 bridgehead atoms. The number of nitrogens with one attached hydrogen (secondary N) is 2. The highest BCUT2D eigenvalue weighted by Gasteiger charge is 2.38. The van der Waals surface area contributed by atoms with Crippen LogP contribution in [0.25, 0.3) is 0 Å². The van der Waals surface area contributed by atoms with Gasteiger partial charge in [0.05, 0.1) is 6.54 Å². The van der Waals surface area contributed by atoms with E-state index in [9.17, 15) is 24.3 Å². The Labute approximate surface area is 157 Å². The van der Waals surface area contributed by atoms with Crippen LogP contribution in [0.3, 0.4) is 0 Å². The summed E-state index contributed by atoms with van der Waals surface area (Å²) in [6, 6.07) is 5.26. The van der Waals surface area contributed by atoms with E-state index in [1.807, 2.05) is 13.8 Å². The summed E-state index contributed by atoms with van der Waals surface area (Å²) in [5, 5.41) is 14.6. The van der Waals surface area contributed by atoms with Gasteiger partial charge in [0.2, 0.25) is 17.7 Å². The van der Waals surface area contributed by atoms with Gasteiger partial charge in [-0.15, -0.1) is 0 Å². The molecule has 0 radical (unpaired) electrons. The highest BCUT2D eigenvalue weighted by Crippen LogP contribution is 2.32. The van der Waals surface area contributed by atoms with Crippen molar-refractivity contribution in [1.29, 1.82) is 0 Å². The Morgan fingerprint density at radius 2 is 1.93 bits per heavy atom. The Balaban J connectivity index is 2.10. The van der Waals surface area contributed by atoms with Crippen molar-refractivity contribution in [2.24, 2.45) is 5.92 Å². The number of rotatable bonds is 7. The number of hydrogen-bond donors (Lipinski definition) is 3. The minimum Gasteiger partial charge on any atom is -0.480 e. The molecule has 1 heterocycles. The summed E-state index contributed by atoms with van der Waals surface area (Å²) in [5.74, 6) is -2.51. The first-order chi connectivity index (χ1) is 12.8. The number of para-hydroxylation sites is 1. The Morgan fingerprint density at radius 3 is 2.52 bits per heavy atom. The van der Waals surface area contributed by atoms with Gasteiger partial charge in [0, 0.05) is 19.0 Å². The van der Waals surface area contributed by atoms with E-state index in [1.165, 1.54) is 11.8 Å². The SMILES string of the molecule is CC[C@H](C)[C@H](NC(C)=O)C(=O)NCC(=O)N1c2ccccc2C[C@H]1C(=O)O. The van der Waals surface area contributed by atoms with Gasteiger partial charge in [-0.05, 0) is 17.5 Å². The van der Waals surface area contributed by atoms with Gasteiger partial charge in [-0.25, -0.2) is 4.79 Å². The van der Waals surface area contributed by atoms with Crippen molar-refractivity contribution in [1.82, 2.24) is 10.6 Å². The molecular weight excluding hydrogens is 350 g/mol. The predicted molar refractivity (Wildman–Crippen MR) is 99.1 cm³/mol. The predicted octanol–water partition coefficient (Wildman–Crippen LogP) is 0.696. The van der Waals surface area contributed by atoms with E-state index < -0.39 is 29.9 Å². The highest BCUT2D eigenvalue weighted by molar-refractivity contribution is 6.04. The summed E-state index contributed by atoms with van der Waals surface area (Å²) in [6.07, 6.45) is 0.902. The van der Waals surface area contributed by atoms with Crippen molar-refractivity contribution in [2.45, 2.75) is 45.7 Å². The number of aliphatic carboxylic acids is 1. The Bertz CT molecular complexity index is 749. The summed E-state index contributed by atoms with van der Waals surface area (Å²) in [4.78, 5) is 49.2. The Morgan fingerprint density at radius 1 is 1.26 bits per heavy atom. The van der Waals surface area contributed by atoms with E-state index in [4.69, 9.17) is 0 Å². The molecular formula is C19H25N3O5. The van der Waals surface area contributed by atoms with Gasteiger partial charge in [0.25, 0.3) is 0 Å². The van der Waals surface area contributed by atoms with Gasteiger partial charge >= 0.3 is 5.97 Å². The van der Waals surface area contributed by atoms with Crippen LogP contribution in [0.4, 0.5) is 5.69 Å². The lowest BCUT2D eigenvalue weighted by Crippen LogP contribution is -2.53. The maximum absolute atomic E-state index is 12.7. The molecule has 0 unspecified atom stereocenters. The number of hydrogen-bond acceptors (Lipinski definition) is 4. The molecule has 1 aromatic carbocycles. The molecule has 3 atom stereocenters. The normalized spacial score (nSPS) is 17.6. The summed E-state index contributed by atoms with van der Waals surface area (Å²) in [6.45, 7) is 4.71. The number of carboxylic acids is 1. The molecule has 0 aliphatic carbocycles. The zero-order valence-corrected chi connectivity index (χ0v) is 15.7. The fraction of sp³-hybridized carbons (Fsp3) is 0.474. The second-order valence-electron chi connectivity index (χ2n) is 6.73. The fourth-order valence-corrected chi connectivity index (χ4v) is 3.17. The van der Waals surface area contributed by atoms with Gasteiger partial charge in [0.15, 0.2) is 0 Å². The van der Waals surface area contributed by atoms with Crippen molar-refractivity contribution < 1.29 is 24.3 Å². The summed E-state index contributed by atoms with van der Waals surface area (Å²) in [7, 11) is 0. The molecule has 8 nitrogen and oxygen atoms in total. The van der Waals surface area contributed by atoms with Crippen LogP contribution in [0.2, 0.25) is 0 Å². The number of amides is 3. The van der Waals surface area contributed by atoms with E-state index in [0.29, 0.717) is 12.1 Å². The minimum absolute atomic E-state index is 0.108. The first kappa shape index (κ1) is 20.4. The molecule has 1 aromatic rings. The maximum atomic E-state index is 12.7. The number of carbonyl (C=O) groups excluding carboxylic acids is 3. The average molecular weight is 375 g/mol. The summed E-state index contributed by atoms with van der Waals surface area (Å²) >= 11 is 0. The number of benzene rings is 1. The smallest absolute Gasteiger partial charge is 0.327 e. The molecule has 146 valence electrons. The topological polar surface area (TPSA) is 116 Å². The number of nitrogens with zero attached hydrogens (tertiary/aromatic N) is 1. The van der Waals surface area contributed by atoms with Crippen molar-refractivity contribution in [3.8, 4) is 0 Å². The second-order valence-corrected chi connectivity index (χ2v) is 6.73.